The standard InChI is InChI=1S/C11H11NO3/c13-6-5-12-4-3-8-7-9(11(14)15)1-2-10(8)12/h1-4,7,13H,5-6H2,(H,14,15). The van der Waals surface area contributed by atoms with Crippen LogP contribution in [-0.4, -0.2) is 27.4 Å². The zero-order valence-corrected chi connectivity index (χ0v) is 8.05. The van der Waals surface area contributed by atoms with Gasteiger partial charge in [0.25, 0.3) is 0 Å². The summed E-state index contributed by atoms with van der Waals surface area (Å²) >= 11 is 0. The molecule has 2 N–H and O–H groups in total. The number of aromatic nitrogens is 1. The van der Waals surface area contributed by atoms with Crippen LogP contribution in [0.2, 0.25) is 0 Å². The summed E-state index contributed by atoms with van der Waals surface area (Å²) in [6.45, 7) is 0.598. The van der Waals surface area contributed by atoms with E-state index in [9.17, 15) is 4.79 Å². The molecular formula is C11H11NO3. The average molecular weight is 205 g/mol. The second-order valence-corrected chi connectivity index (χ2v) is 3.31. The van der Waals surface area contributed by atoms with Gasteiger partial charge in [-0.1, -0.05) is 0 Å². The first-order valence-electron chi connectivity index (χ1n) is 4.65. The van der Waals surface area contributed by atoms with E-state index in [0.29, 0.717) is 6.54 Å². The van der Waals surface area contributed by atoms with E-state index < -0.39 is 5.97 Å². The molecule has 2 aromatic rings. The van der Waals surface area contributed by atoms with Crippen LogP contribution in [0.15, 0.2) is 30.5 Å². The fourth-order valence-corrected chi connectivity index (χ4v) is 1.64. The highest BCUT2D eigenvalue weighted by Gasteiger charge is 2.05. The first kappa shape index (κ1) is 9.73. The third-order valence-electron chi connectivity index (χ3n) is 2.36. The molecule has 1 heterocycles. The van der Waals surface area contributed by atoms with Crippen molar-refractivity contribution in [1.82, 2.24) is 4.57 Å². The molecule has 1 aromatic carbocycles. The molecule has 4 heteroatoms. The largest absolute Gasteiger partial charge is 0.478 e. The lowest BCUT2D eigenvalue weighted by molar-refractivity contribution is 0.0697. The molecule has 0 spiro atoms. The average Bonchev–Trinajstić information content (AvgIpc) is 2.61. The molecule has 78 valence electrons. The van der Waals surface area contributed by atoms with E-state index in [1.54, 1.807) is 18.2 Å². The fourth-order valence-electron chi connectivity index (χ4n) is 1.64. The molecule has 0 fully saturated rings. The maximum absolute atomic E-state index is 10.7. The van der Waals surface area contributed by atoms with E-state index in [2.05, 4.69) is 0 Å². The lowest BCUT2D eigenvalue weighted by atomic mass is 10.1. The predicted molar refractivity (Wildman–Crippen MR) is 56.0 cm³/mol. The van der Waals surface area contributed by atoms with Gasteiger partial charge in [0.15, 0.2) is 0 Å². The smallest absolute Gasteiger partial charge is 0.335 e. The Hall–Kier alpha value is -1.81. The predicted octanol–water partition coefficient (Wildman–Crippen LogP) is 1.33. The number of aliphatic hydroxyl groups is 1. The van der Waals surface area contributed by atoms with E-state index in [-0.39, 0.29) is 12.2 Å². The third kappa shape index (κ3) is 1.71. The summed E-state index contributed by atoms with van der Waals surface area (Å²) in [6.07, 6.45) is 1.84. The van der Waals surface area contributed by atoms with Crippen LogP contribution < -0.4 is 0 Å². The van der Waals surface area contributed by atoms with Gasteiger partial charge in [-0.25, -0.2) is 4.79 Å². The Morgan fingerprint density at radius 2 is 2.13 bits per heavy atom. The van der Waals surface area contributed by atoms with Gasteiger partial charge in [-0.15, -0.1) is 0 Å². The van der Waals surface area contributed by atoms with E-state index >= 15 is 0 Å². The molecule has 4 nitrogen and oxygen atoms in total. The molecule has 0 amide bonds. The number of carboxylic acids is 1. The summed E-state index contributed by atoms with van der Waals surface area (Å²) in [5.74, 6) is -0.924. The Kier molecular flexibility index (Phi) is 2.43. The van der Waals surface area contributed by atoms with Crippen molar-refractivity contribution < 1.29 is 15.0 Å². The van der Waals surface area contributed by atoms with Crippen molar-refractivity contribution in [2.45, 2.75) is 6.54 Å². The minimum atomic E-state index is -0.924. The molecule has 2 rings (SSSR count). The normalized spacial score (nSPS) is 10.7. The second kappa shape index (κ2) is 3.74. The monoisotopic (exact) mass is 205 g/mol. The van der Waals surface area contributed by atoms with Gasteiger partial charge in [0.2, 0.25) is 0 Å². The Labute approximate surface area is 86.4 Å². The van der Waals surface area contributed by atoms with Gasteiger partial charge in [0.1, 0.15) is 0 Å². The molecule has 0 aliphatic carbocycles. The Morgan fingerprint density at radius 1 is 1.33 bits per heavy atom. The van der Waals surface area contributed by atoms with Crippen molar-refractivity contribution in [2.24, 2.45) is 0 Å². The van der Waals surface area contributed by atoms with Gasteiger partial charge < -0.3 is 14.8 Å². The minimum absolute atomic E-state index is 0.0739. The first-order chi connectivity index (χ1) is 7.22. The number of carboxylic acid groups (broad SMARTS) is 1. The van der Waals surface area contributed by atoms with Gasteiger partial charge in [0, 0.05) is 23.6 Å². The van der Waals surface area contributed by atoms with E-state index in [1.165, 1.54) is 0 Å². The van der Waals surface area contributed by atoms with E-state index in [1.807, 2.05) is 16.8 Å². The zero-order valence-electron chi connectivity index (χ0n) is 8.05. The highest BCUT2D eigenvalue weighted by Crippen LogP contribution is 2.17. The molecule has 0 saturated carbocycles. The third-order valence-corrected chi connectivity index (χ3v) is 2.36. The number of aliphatic hydroxyl groups excluding tert-OH is 1. The van der Waals surface area contributed by atoms with Gasteiger partial charge in [0.05, 0.1) is 12.2 Å². The quantitative estimate of drug-likeness (QED) is 0.794. The maximum atomic E-state index is 10.7. The van der Waals surface area contributed by atoms with Crippen LogP contribution in [0.5, 0.6) is 0 Å². The Morgan fingerprint density at radius 3 is 2.80 bits per heavy atom. The molecule has 0 unspecified atom stereocenters. The van der Waals surface area contributed by atoms with Crippen LogP contribution in [0.25, 0.3) is 10.9 Å². The fraction of sp³-hybridized carbons (Fsp3) is 0.182. The summed E-state index contributed by atoms with van der Waals surface area (Å²) in [6, 6.07) is 6.80. The molecule has 0 atom stereocenters. The number of benzene rings is 1. The molecular weight excluding hydrogens is 194 g/mol. The number of hydrogen-bond donors (Lipinski definition) is 2. The maximum Gasteiger partial charge on any atom is 0.335 e. The topological polar surface area (TPSA) is 62.5 Å². The number of carbonyl (C=O) groups is 1. The van der Waals surface area contributed by atoms with Crippen molar-refractivity contribution in [3.63, 3.8) is 0 Å². The molecule has 15 heavy (non-hydrogen) atoms. The van der Waals surface area contributed by atoms with Crippen LogP contribution in [0.4, 0.5) is 0 Å². The van der Waals surface area contributed by atoms with Crippen LogP contribution >= 0.6 is 0 Å². The SMILES string of the molecule is O=C(O)c1ccc2c(ccn2CCO)c1. The van der Waals surface area contributed by atoms with Gasteiger partial charge in [-0.2, -0.15) is 0 Å². The number of nitrogens with zero attached hydrogens (tertiary/aromatic N) is 1. The molecule has 0 aliphatic rings. The van der Waals surface area contributed by atoms with Crippen molar-refractivity contribution in [1.29, 1.82) is 0 Å². The summed E-state index contributed by atoms with van der Waals surface area (Å²) in [5, 5.41) is 18.5. The van der Waals surface area contributed by atoms with Gasteiger partial charge in [-0.3, -0.25) is 0 Å². The minimum Gasteiger partial charge on any atom is -0.478 e. The number of rotatable bonds is 3. The molecule has 0 aliphatic heterocycles. The lowest BCUT2D eigenvalue weighted by Gasteiger charge is -2.02. The van der Waals surface area contributed by atoms with Gasteiger partial charge >= 0.3 is 5.97 Å². The van der Waals surface area contributed by atoms with Crippen molar-refractivity contribution in [3.05, 3.63) is 36.0 Å². The summed E-state index contributed by atoms with van der Waals surface area (Å²) in [5.41, 5.74) is 1.22. The highest BCUT2D eigenvalue weighted by molar-refractivity contribution is 5.93. The summed E-state index contributed by atoms with van der Waals surface area (Å²) < 4.78 is 1.89. The summed E-state index contributed by atoms with van der Waals surface area (Å²) in [4.78, 5) is 10.7. The van der Waals surface area contributed by atoms with Crippen LogP contribution in [0.1, 0.15) is 10.4 Å². The van der Waals surface area contributed by atoms with Crippen molar-refractivity contribution >= 4 is 16.9 Å². The Balaban J connectivity index is 2.51. The van der Waals surface area contributed by atoms with Gasteiger partial charge in [-0.05, 0) is 24.3 Å². The number of aromatic carboxylic acids is 1. The number of hydrogen-bond acceptors (Lipinski definition) is 2. The molecule has 0 saturated heterocycles. The van der Waals surface area contributed by atoms with Crippen molar-refractivity contribution in [3.8, 4) is 0 Å². The lowest BCUT2D eigenvalue weighted by Crippen LogP contribution is -2.00. The van der Waals surface area contributed by atoms with Crippen LogP contribution in [0, 0.1) is 0 Å². The first-order valence-corrected chi connectivity index (χ1v) is 4.65. The second-order valence-electron chi connectivity index (χ2n) is 3.31. The summed E-state index contributed by atoms with van der Waals surface area (Å²) in [7, 11) is 0. The molecule has 0 radical (unpaired) electrons. The number of fused-ring (bicyclic) bond motifs is 1. The highest BCUT2D eigenvalue weighted by atomic mass is 16.4. The van der Waals surface area contributed by atoms with Crippen molar-refractivity contribution in [2.75, 3.05) is 6.61 Å². The van der Waals surface area contributed by atoms with E-state index in [4.69, 9.17) is 10.2 Å². The van der Waals surface area contributed by atoms with Crippen LogP contribution in [0.3, 0.4) is 0 Å². The van der Waals surface area contributed by atoms with Crippen LogP contribution in [-0.2, 0) is 6.54 Å². The molecule has 0 bridgehead atoms. The molecule has 1 aromatic heterocycles. The zero-order chi connectivity index (χ0) is 10.8. The van der Waals surface area contributed by atoms with E-state index in [0.717, 1.165) is 10.9 Å². The Bertz CT molecular complexity index is 502.